The maximum Gasteiger partial charge on any atom is 0.225 e. The van der Waals surface area contributed by atoms with Crippen molar-refractivity contribution in [2.45, 2.75) is 39.3 Å². The van der Waals surface area contributed by atoms with Gasteiger partial charge in [0.1, 0.15) is 0 Å². The van der Waals surface area contributed by atoms with Gasteiger partial charge in [-0.2, -0.15) is 0 Å². The Balaban J connectivity index is 2.53. The number of hydrogen-bond donors (Lipinski definition) is 2. The summed E-state index contributed by atoms with van der Waals surface area (Å²) in [4.78, 5) is 14.1. The van der Waals surface area contributed by atoms with Crippen LogP contribution in [0, 0.1) is 0 Å². The summed E-state index contributed by atoms with van der Waals surface area (Å²) in [5.41, 5.74) is 2.08. The van der Waals surface area contributed by atoms with E-state index in [1.165, 1.54) is 0 Å². The highest BCUT2D eigenvalue weighted by Crippen LogP contribution is 2.16. The molecule has 0 unspecified atom stereocenters. The number of carbonyl (C=O) groups excluding carboxylic acids is 1. The number of amides is 1. The molecule has 0 fully saturated rings. The van der Waals surface area contributed by atoms with E-state index in [1.807, 2.05) is 38.4 Å². The van der Waals surface area contributed by atoms with Crippen LogP contribution in [-0.4, -0.2) is 37.0 Å². The van der Waals surface area contributed by atoms with E-state index in [9.17, 15) is 4.79 Å². The average molecular weight is 277 g/mol. The fourth-order valence-electron chi connectivity index (χ4n) is 1.88. The number of rotatable bonds is 6. The molecule has 2 N–H and O–H groups in total. The van der Waals surface area contributed by atoms with E-state index < -0.39 is 0 Å². The summed E-state index contributed by atoms with van der Waals surface area (Å²) in [7, 11) is 4.04. The lowest BCUT2D eigenvalue weighted by Crippen LogP contribution is -2.37. The fraction of sp³-hybridized carbons (Fsp3) is 0.562. The van der Waals surface area contributed by atoms with E-state index in [1.54, 1.807) is 0 Å². The maximum atomic E-state index is 12.0. The quantitative estimate of drug-likeness (QED) is 0.839. The topological polar surface area (TPSA) is 44.4 Å². The summed E-state index contributed by atoms with van der Waals surface area (Å²) < 4.78 is 0. The van der Waals surface area contributed by atoms with Gasteiger partial charge in [0.2, 0.25) is 5.91 Å². The van der Waals surface area contributed by atoms with Gasteiger partial charge >= 0.3 is 0 Å². The van der Waals surface area contributed by atoms with Crippen LogP contribution in [0.1, 0.15) is 32.8 Å². The molecule has 0 radical (unpaired) electrons. The molecule has 1 amide bonds. The maximum absolute atomic E-state index is 12.0. The van der Waals surface area contributed by atoms with E-state index in [-0.39, 0.29) is 11.4 Å². The standard InChI is InChI=1S/C16H27N3O/c1-16(2,3)17-11-10-15(20)18-14-9-7-6-8-13(14)12-19(4)5/h6-9,17H,10-12H2,1-5H3,(H,18,20). The van der Waals surface area contributed by atoms with Crippen molar-refractivity contribution in [2.75, 3.05) is 26.0 Å². The third kappa shape index (κ3) is 6.68. The Bertz CT molecular complexity index is 436. The Morgan fingerprint density at radius 2 is 1.85 bits per heavy atom. The molecule has 0 heterocycles. The molecule has 0 aliphatic heterocycles. The number of para-hydroxylation sites is 1. The van der Waals surface area contributed by atoms with Gasteiger partial charge in [-0.1, -0.05) is 18.2 Å². The van der Waals surface area contributed by atoms with Crippen molar-refractivity contribution in [1.82, 2.24) is 10.2 Å². The number of benzene rings is 1. The molecule has 20 heavy (non-hydrogen) atoms. The third-order valence-corrected chi connectivity index (χ3v) is 2.79. The molecule has 0 bridgehead atoms. The van der Waals surface area contributed by atoms with Gasteiger partial charge in [0.05, 0.1) is 0 Å². The number of nitrogens with zero attached hydrogens (tertiary/aromatic N) is 1. The predicted octanol–water partition coefficient (Wildman–Crippen LogP) is 2.46. The van der Waals surface area contributed by atoms with Gasteiger partial charge in [-0.3, -0.25) is 4.79 Å². The first-order chi connectivity index (χ1) is 9.28. The zero-order chi connectivity index (χ0) is 15.2. The molecule has 0 aliphatic rings. The van der Waals surface area contributed by atoms with Crippen LogP contribution >= 0.6 is 0 Å². The molecule has 4 heteroatoms. The molecule has 0 atom stereocenters. The van der Waals surface area contributed by atoms with Crippen LogP contribution in [0.2, 0.25) is 0 Å². The monoisotopic (exact) mass is 277 g/mol. The smallest absolute Gasteiger partial charge is 0.225 e. The van der Waals surface area contributed by atoms with Crippen LogP contribution in [0.25, 0.3) is 0 Å². The SMILES string of the molecule is CN(C)Cc1ccccc1NC(=O)CCNC(C)(C)C. The van der Waals surface area contributed by atoms with Crippen LogP contribution in [0.3, 0.4) is 0 Å². The second-order valence-corrected chi connectivity index (χ2v) is 6.37. The molecule has 0 saturated heterocycles. The van der Waals surface area contributed by atoms with Crippen molar-refractivity contribution in [3.63, 3.8) is 0 Å². The van der Waals surface area contributed by atoms with Crippen molar-refractivity contribution in [1.29, 1.82) is 0 Å². The summed E-state index contributed by atoms with van der Waals surface area (Å²) in [5.74, 6) is 0.0490. The lowest BCUT2D eigenvalue weighted by Gasteiger charge is -2.20. The number of carbonyl (C=O) groups is 1. The largest absolute Gasteiger partial charge is 0.326 e. The Kier molecular flexibility index (Phi) is 6.17. The number of anilines is 1. The Morgan fingerprint density at radius 3 is 2.45 bits per heavy atom. The molecule has 0 saturated carbocycles. The van der Waals surface area contributed by atoms with Crippen LogP contribution in [0.5, 0.6) is 0 Å². The molecule has 0 spiro atoms. The van der Waals surface area contributed by atoms with Crippen LogP contribution < -0.4 is 10.6 Å². The lowest BCUT2D eigenvalue weighted by molar-refractivity contribution is -0.116. The van der Waals surface area contributed by atoms with E-state index >= 15 is 0 Å². The molecule has 0 aromatic heterocycles. The van der Waals surface area contributed by atoms with Crippen molar-refractivity contribution >= 4 is 11.6 Å². The third-order valence-electron chi connectivity index (χ3n) is 2.79. The van der Waals surface area contributed by atoms with Crippen molar-refractivity contribution < 1.29 is 4.79 Å². The van der Waals surface area contributed by atoms with Crippen molar-refractivity contribution in [3.05, 3.63) is 29.8 Å². The summed E-state index contributed by atoms with van der Waals surface area (Å²) in [5, 5.41) is 6.31. The molecule has 4 nitrogen and oxygen atoms in total. The number of hydrogen-bond acceptors (Lipinski definition) is 3. The second-order valence-electron chi connectivity index (χ2n) is 6.37. The first kappa shape index (κ1) is 16.7. The van der Waals surface area contributed by atoms with E-state index in [2.05, 4.69) is 36.3 Å². The normalized spacial score (nSPS) is 11.7. The molecule has 1 rings (SSSR count). The summed E-state index contributed by atoms with van der Waals surface area (Å²) in [6, 6.07) is 7.94. The zero-order valence-corrected chi connectivity index (χ0v) is 13.3. The minimum Gasteiger partial charge on any atom is -0.326 e. The van der Waals surface area contributed by atoms with Gasteiger partial charge in [0.15, 0.2) is 0 Å². The number of nitrogens with one attached hydrogen (secondary N) is 2. The molecule has 1 aromatic carbocycles. The van der Waals surface area contributed by atoms with Gasteiger partial charge in [-0.05, 0) is 46.5 Å². The molecule has 0 aliphatic carbocycles. The molecular formula is C16H27N3O. The minimum atomic E-state index is 0.0448. The van der Waals surface area contributed by atoms with E-state index in [0.29, 0.717) is 13.0 Å². The highest BCUT2D eigenvalue weighted by molar-refractivity contribution is 5.91. The Morgan fingerprint density at radius 1 is 1.20 bits per heavy atom. The van der Waals surface area contributed by atoms with Crippen molar-refractivity contribution in [2.24, 2.45) is 0 Å². The highest BCUT2D eigenvalue weighted by atomic mass is 16.1. The summed E-state index contributed by atoms with van der Waals surface area (Å²) in [6.45, 7) is 7.79. The first-order valence-corrected chi connectivity index (χ1v) is 7.05. The van der Waals surface area contributed by atoms with E-state index in [0.717, 1.165) is 17.8 Å². The predicted molar refractivity (Wildman–Crippen MR) is 84.8 cm³/mol. The van der Waals surface area contributed by atoms with Crippen LogP contribution in [0.15, 0.2) is 24.3 Å². The van der Waals surface area contributed by atoms with Gasteiger partial charge in [-0.15, -0.1) is 0 Å². The van der Waals surface area contributed by atoms with Gasteiger partial charge in [-0.25, -0.2) is 0 Å². The fourth-order valence-corrected chi connectivity index (χ4v) is 1.88. The molecule has 112 valence electrons. The molecule has 1 aromatic rings. The minimum absolute atomic E-state index is 0.0448. The van der Waals surface area contributed by atoms with Crippen LogP contribution in [0.4, 0.5) is 5.69 Å². The summed E-state index contributed by atoms with van der Waals surface area (Å²) >= 11 is 0. The lowest BCUT2D eigenvalue weighted by atomic mass is 10.1. The first-order valence-electron chi connectivity index (χ1n) is 7.05. The van der Waals surface area contributed by atoms with Gasteiger partial charge < -0.3 is 15.5 Å². The summed E-state index contributed by atoms with van der Waals surface area (Å²) in [6.07, 6.45) is 0.480. The average Bonchev–Trinajstić information content (AvgIpc) is 2.29. The zero-order valence-electron chi connectivity index (χ0n) is 13.3. The molecular weight excluding hydrogens is 250 g/mol. The van der Waals surface area contributed by atoms with Crippen LogP contribution in [-0.2, 0) is 11.3 Å². The van der Waals surface area contributed by atoms with Crippen molar-refractivity contribution in [3.8, 4) is 0 Å². The Hall–Kier alpha value is -1.39. The van der Waals surface area contributed by atoms with E-state index in [4.69, 9.17) is 0 Å². The second kappa shape index (κ2) is 7.41. The van der Waals surface area contributed by atoms with Gasteiger partial charge in [0, 0.05) is 30.7 Å². The van der Waals surface area contributed by atoms with Gasteiger partial charge in [0.25, 0.3) is 0 Å². The Labute approximate surface area is 122 Å². The highest BCUT2D eigenvalue weighted by Gasteiger charge is 2.11.